The van der Waals surface area contributed by atoms with E-state index in [2.05, 4.69) is 9.74 Å². The number of hydrogen-bond acceptors (Lipinski definition) is 4. The zero-order valence-electron chi connectivity index (χ0n) is 6.70. The van der Waals surface area contributed by atoms with Crippen LogP contribution < -0.4 is 5.90 Å². The van der Waals surface area contributed by atoms with Crippen LogP contribution in [-0.4, -0.2) is 42.4 Å². The smallest absolute Gasteiger partial charge is 0.0834 e. The van der Waals surface area contributed by atoms with Crippen LogP contribution in [0.5, 0.6) is 0 Å². The van der Waals surface area contributed by atoms with E-state index in [1.165, 1.54) is 6.42 Å². The minimum Gasteiger partial charge on any atom is -0.395 e. The van der Waals surface area contributed by atoms with Gasteiger partial charge in [0.1, 0.15) is 0 Å². The van der Waals surface area contributed by atoms with Crippen molar-refractivity contribution in [1.82, 2.24) is 4.90 Å². The van der Waals surface area contributed by atoms with Gasteiger partial charge in [0.15, 0.2) is 0 Å². The van der Waals surface area contributed by atoms with Gasteiger partial charge in [-0.05, 0) is 19.4 Å². The maximum Gasteiger partial charge on any atom is 0.0834 e. The summed E-state index contributed by atoms with van der Waals surface area (Å²) in [5.74, 6) is 4.98. The molecule has 1 rings (SSSR count). The summed E-state index contributed by atoms with van der Waals surface area (Å²) in [4.78, 5) is 6.79. The average molecular weight is 160 g/mol. The summed E-state index contributed by atoms with van der Waals surface area (Å²) in [7, 11) is 0. The molecule has 0 aromatic heterocycles. The van der Waals surface area contributed by atoms with Crippen molar-refractivity contribution in [1.29, 1.82) is 0 Å². The third-order valence-electron chi connectivity index (χ3n) is 2.17. The maximum absolute atomic E-state index is 8.70. The zero-order valence-corrected chi connectivity index (χ0v) is 6.70. The molecular formula is C7H16N2O2. The number of aliphatic hydroxyl groups excluding tert-OH is 1. The van der Waals surface area contributed by atoms with E-state index in [4.69, 9.17) is 11.0 Å². The van der Waals surface area contributed by atoms with Gasteiger partial charge in [-0.15, -0.1) is 0 Å². The Morgan fingerprint density at radius 1 is 1.64 bits per heavy atom. The molecule has 0 bridgehead atoms. The minimum absolute atomic E-state index is 0.223. The van der Waals surface area contributed by atoms with Gasteiger partial charge >= 0.3 is 0 Å². The van der Waals surface area contributed by atoms with Crippen molar-refractivity contribution in [2.45, 2.75) is 18.9 Å². The zero-order chi connectivity index (χ0) is 8.10. The maximum atomic E-state index is 8.70. The van der Waals surface area contributed by atoms with E-state index < -0.39 is 0 Å². The molecule has 0 radical (unpaired) electrons. The van der Waals surface area contributed by atoms with Gasteiger partial charge in [0.05, 0.1) is 13.2 Å². The van der Waals surface area contributed by atoms with E-state index in [-0.39, 0.29) is 6.61 Å². The topological polar surface area (TPSA) is 58.7 Å². The Morgan fingerprint density at radius 3 is 3.09 bits per heavy atom. The molecule has 1 aliphatic heterocycles. The van der Waals surface area contributed by atoms with Gasteiger partial charge in [0.2, 0.25) is 0 Å². The molecule has 1 aliphatic rings. The minimum atomic E-state index is 0.223. The molecule has 1 atom stereocenters. The van der Waals surface area contributed by atoms with Crippen LogP contribution in [0, 0.1) is 0 Å². The number of β-amino-alcohol motifs (C(OH)–C–C–N with tert-alkyl or cyclic N) is 1. The molecule has 0 aromatic carbocycles. The molecule has 4 heteroatoms. The third kappa shape index (κ3) is 2.41. The fourth-order valence-electron chi connectivity index (χ4n) is 1.62. The van der Waals surface area contributed by atoms with Crippen LogP contribution in [0.4, 0.5) is 0 Å². The van der Waals surface area contributed by atoms with E-state index in [9.17, 15) is 0 Å². The molecular weight excluding hydrogens is 144 g/mol. The quantitative estimate of drug-likeness (QED) is 0.536. The van der Waals surface area contributed by atoms with Crippen LogP contribution in [0.15, 0.2) is 0 Å². The van der Waals surface area contributed by atoms with E-state index in [1.54, 1.807) is 0 Å². The van der Waals surface area contributed by atoms with Crippen LogP contribution >= 0.6 is 0 Å². The second-order valence-corrected chi connectivity index (χ2v) is 2.89. The Labute approximate surface area is 66.9 Å². The van der Waals surface area contributed by atoms with Crippen molar-refractivity contribution in [3.63, 3.8) is 0 Å². The van der Waals surface area contributed by atoms with E-state index in [0.29, 0.717) is 12.6 Å². The number of rotatable bonds is 4. The lowest BCUT2D eigenvalue weighted by atomic mass is 10.2. The van der Waals surface area contributed by atoms with Gasteiger partial charge < -0.3 is 9.94 Å². The van der Waals surface area contributed by atoms with Crippen LogP contribution in [0.3, 0.4) is 0 Å². The molecule has 1 unspecified atom stereocenters. The van der Waals surface area contributed by atoms with E-state index >= 15 is 0 Å². The summed E-state index contributed by atoms with van der Waals surface area (Å²) >= 11 is 0. The molecule has 0 aromatic rings. The Morgan fingerprint density at radius 2 is 2.45 bits per heavy atom. The summed E-state index contributed by atoms with van der Waals surface area (Å²) in [6, 6.07) is 0.423. The second-order valence-electron chi connectivity index (χ2n) is 2.89. The molecule has 11 heavy (non-hydrogen) atoms. The molecule has 0 spiro atoms. The number of hydrogen-bond donors (Lipinski definition) is 2. The van der Waals surface area contributed by atoms with Crippen molar-refractivity contribution >= 4 is 0 Å². The Balaban J connectivity index is 2.25. The molecule has 0 aliphatic carbocycles. The highest BCUT2D eigenvalue weighted by atomic mass is 16.6. The van der Waals surface area contributed by atoms with Gasteiger partial charge in [-0.2, -0.15) is 0 Å². The van der Waals surface area contributed by atoms with Crippen LogP contribution in [0.2, 0.25) is 0 Å². The van der Waals surface area contributed by atoms with Crippen LogP contribution in [0.1, 0.15) is 12.8 Å². The van der Waals surface area contributed by atoms with Gasteiger partial charge in [0, 0.05) is 12.6 Å². The van der Waals surface area contributed by atoms with Gasteiger partial charge in [-0.25, -0.2) is 5.90 Å². The lowest BCUT2D eigenvalue weighted by Gasteiger charge is -2.21. The molecule has 66 valence electrons. The standard InChI is InChI=1S/C7H16N2O2/c8-11-6-7-2-1-3-9(7)4-5-10/h7,10H,1-6,8H2. The van der Waals surface area contributed by atoms with E-state index in [1.807, 2.05) is 0 Å². The largest absolute Gasteiger partial charge is 0.395 e. The fraction of sp³-hybridized carbons (Fsp3) is 1.00. The fourth-order valence-corrected chi connectivity index (χ4v) is 1.62. The Bertz CT molecular complexity index is 98.6. The molecule has 1 heterocycles. The number of nitrogens with zero attached hydrogens (tertiary/aromatic N) is 1. The summed E-state index contributed by atoms with van der Waals surface area (Å²) < 4.78 is 0. The van der Waals surface area contributed by atoms with Gasteiger partial charge in [-0.1, -0.05) is 0 Å². The Kier molecular flexibility index (Phi) is 3.79. The normalized spacial score (nSPS) is 26.2. The molecule has 4 nitrogen and oxygen atoms in total. The summed E-state index contributed by atoms with van der Waals surface area (Å²) in [5.41, 5.74) is 0. The number of likely N-dealkylation sites (tertiary alicyclic amines) is 1. The first-order chi connectivity index (χ1) is 5.38. The average Bonchev–Trinajstić information content (AvgIpc) is 2.39. The molecule has 1 fully saturated rings. The highest BCUT2D eigenvalue weighted by molar-refractivity contribution is 4.78. The summed E-state index contributed by atoms with van der Waals surface area (Å²) in [6.07, 6.45) is 2.32. The predicted octanol–water partition coefficient (Wildman–Crippen LogP) is -0.667. The molecule has 0 saturated carbocycles. The van der Waals surface area contributed by atoms with Crippen molar-refractivity contribution in [2.75, 3.05) is 26.3 Å². The first kappa shape index (κ1) is 8.93. The molecule has 1 saturated heterocycles. The SMILES string of the molecule is NOCC1CCCN1CCO. The van der Waals surface area contributed by atoms with Gasteiger partial charge in [-0.3, -0.25) is 4.90 Å². The van der Waals surface area contributed by atoms with Crippen molar-refractivity contribution in [3.05, 3.63) is 0 Å². The lowest BCUT2D eigenvalue weighted by molar-refractivity contribution is 0.0705. The first-order valence-corrected chi connectivity index (χ1v) is 4.05. The number of aliphatic hydroxyl groups is 1. The first-order valence-electron chi connectivity index (χ1n) is 4.05. The molecule has 3 N–H and O–H groups in total. The molecule has 0 amide bonds. The Hall–Kier alpha value is -0.160. The number of nitrogens with two attached hydrogens (primary N) is 1. The lowest BCUT2D eigenvalue weighted by Crippen LogP contribution is -2.35. The monoisotopic (exact) mass is 160 g/mol. The van der Waals surface area contributed by atoms with E-state index in [0.717, 1.165) is 19.5 Å². The van der Waals surface area contributed by atoms with Crippen molar-refractivity contribution in [3.8, 4) is 0 Å². The highest BCUT2D eigenvalue weighted by Crippen LogP contribution is 2.15. The predicted molar refractivity (Wildman–Crippen MR) is 41.8 cm³/mol. The summed E-state index contributed by atoms with van der Waals surface area (Å²) in [6.45, 7) is 2.61. The van der Waals surface area contributed by atoms with Crippen LogP contribution in [0.25, 0.3) is 0 Å². The van der Waals surface area contributed by atoms with Crippen LogP contribution in [-0.2, 0) is 4.84 Å². The van der Waals surface area contributed by atoms with Crippen molar-refractivity contribution in [2.24, 2.45) is 5.90 Å². The summed E-state index contributed by atoms with van der Waals surface area (Å²) in [5, 5.41) is 8.70. The van der Waals surface area contributed by atoms with Gasteiger partial charge in [0.25, 0.3) is 0 Å². The third-order valence-corrected chi connectivity index (χ3v) is 2.17. The van der Waals surface area contributed by atoms with Crippen molar-refractivity contribution < 1.29 is 9.94 Å². The highest BCUT2D eigenvalue weighted by Gasteiger charge is 2.23. The second kappa shape index (κ2) is 4.66.